The normalized spacial score (nSPS) is 11.6. The third-order valence-electron chi connectivity index (χ3n) is 1.60. The number of nitrogen functional groups attached to an aromatic ring is 1. The molecule has 0 saturated heterocycles. The van der Waals surface area contributed by atoms with E-state index in [0.29, 0.717) is 5.69 Å². The van der Waals surface area contributed by atoms with Crippen molar-refractivity contribution in [2.24, 2.45) is 0 Å². The first-order valence-corrected chi connectivity index (χ1v) is 3.66. The molecule has 2 nitrogen and oxygen atoms in total. The van der Waals surface area contributed by atoms with Crippen LogP contribution in [-0.4, -0.2) is 4.98 Å². The quantitative estimate of drug-likeness (QED) is 0.742. The van der Waals surface area contributed by atoms with Crippen molar-refractivity contribution in [2.75, 3.05) is 5.73 Å². The van der Waals surface area contributed by atoms with E-state index in [1.807, 2.05) is 0 Å². The maximum absolute atomic E-state index is 12.9. The number of rotatable bonds is 2. The molecule has 0 aliphatic rings. The molecule has 0 fully saturated rings. The molecule has 12 heavy (non-hydrogen) atoms. The highest BCUT2D eigenvalue weighted by Crippen LogP contribution is 2.30. The van der Waals surface area contributed by atoms with E-state index < -0.39 is 5.92 Å². The highest BCUT2D eigenvalue weighted by molar-refractivity contribution is 5.38. The van der Waals surface area contributed by atoms with Crippen molar-refractivity contribution in [3.05, 3.63) is 24.0 Å². The Balaban J connectivity index is 3.03. The zero-order valence-electron chi connectivity index (χ0n) is 6.72. The minimum atomic E-state index is -2.87. The van der Waals surface area contributed by atoms with Crippen molar-refractivity contribution in [2.45, 2.75) is 19.3 Å². The van der Waals surface area contributed by atoms with E-state index in [1.54, 1.807) is 0 Å². The molecule has 2 N–H and O–H groups in total. The van der Waals surface area contributed by atoms with Crippen molar-refractivity contribution >= 4 is 5.69 Å². The number of anilines is 1. The van der Waals surface area contributed by atoms with E-state index in [9.17, 15) is 8.78 Å². The van der Waals surface area contributed by atoms with E-state index in [1.165, 1.54) is 25.3 Å². The lowest BCUT2D eigenvalue weighted by atomic mass is 10.1. The lowest BCUT2D eigenvalue weighted by molar-refractivity contribution is -0.0127. The van der Waals surface area contributed by atoms with Crippen LogP contribution in [0.4, 0.5) is 14.5 Å². The maximum atomic E-state index is 12.9. The fraction of sp³-hybridized carbons (Fsp3) is 0.375. The monoisotopic (exact) mass is 172 g/mol. The van der Waals surface area contributed by atoms with Crippen LogP contribution in [0.1, 0.15) is 19.0 Å². The number of halogens is 2. The van der Waals surface area contributed by atoms with Gasteiger partial charge in [-0.2, -0.15) is 8.78 Å². The summed E-state index contributed by atoms with van der Waals surface area (Å²) >= 11 is 0. The summed E-state index contributed by atoms with van der Waals surface area (Å²) in [5.41, 5.74) is 5.39. The third kappa shape index (κ3) is 1.69. The maximum Gasteiger partial charge on any atom is 0.289 e. The molecule has 4 heteroatoms. The van der Waals surface area contributed by atoms with Crippen LogP contribution in [0, 0.1) is 0 Å². The average Bonchev–Trinajstić information content (AvgIpc) is 2.05. The van der Waals surface area contributed by atoms with Crippen LogP contribution in [0.5, 0.6) is 0 Å². The number of pyridine rings is 1. The number of hydrogen-bond acceptors (Lipinski definition) is 2. The summed E-state index contributed by atoms with van der Waals surface area (Å²) < 4.78 is 25.9. The van der Waals surface area contributed by atoms with Gasteiger partial charge in [0.05, 0.1) is 0 Å². The second kappa shape index (κ2) is 3.05. The second-order valence-electron chi connectivity index (χ2n) is 2.53. The van der Waals surface area contributed by atoms with Gasteiger partial charge < -0.3 is 5.73 Å². The molecule has 0 aromatic carbocycles. The number of hydrogen-bond donors (Lipinski definition) is 1. The zero-order valence-corrected chi connectivity index (χ0v) is 6.72. The highest BCUT2D eigenvalue weighted by atomic mass is 19.3. The molecule has 66 valence electrons. The molecule has 0 spiro atoms. The molecule has 1 aromatic heterocycles. The topological polar surface area (TPSA) is 38.9 Å². The smallest absolute Gasteiger partial charge is 0.289 e. The van der Waals surface area contributed by atoms with E-state index in [2.05, 4.69) is 4.98 Å². The Morgan fingerprint density at radius 1 is 1.58 bits per heavy atom. The fourth-order valence-electron chi connectivity index (χ4n) is 0.828. The van der Waals surface area contributed by atoms with Crippen molar-refractivity contribution in [3.8, 4) is 0 Å². The van der Waals surface area contributed by atoms with Gasteiger partial charge in [0.25, 0.3) is 5.92 Å². The Bertz CT molecular complexity index is 274. The van der Waals surface area contributed by atoms with Crippen LogP contribution in [-0.2, 0) is 5.92 Å². The van der Waals surface area contributed by atoms with E-state index in [4.69, 9.17) is 5.73 Å². The summed E-state index contributed by atoms with van der Waals surface area (Å²) in [5, 5.41) is 0. The molecular weight excluding hydrogens is 162 g/mol. The van der Waals surface area contributed by atoms with Gasteiger partial charge in [-0.15, -0.1) is 0 Å². The predicted octanol–water partition coefficient (Wildman–Crippen LogP) is 2.17. The summed E-state index contributed by atoms with van der Waals surface area (Å²) in [6.45, 7) is 1.41. The third-order valence-corrected chi connectivity index (χ3v) is 1.60. The van der Waals surface area contributed by atoms with Crippen LogP contribution in [0.2, 0.25) is 0 Å². The standard InChI is InChI=1S/C8H10F2N2/c1-2-8(9,10)7-5-6(11)3-4-12-7/h3-5H,2H2,1H3,(H2,11,12). The van der Waals surface area contributed by atoms with Crippen molar-refractivity contribution in [1.82, 2.24) is 4.98 Å². The molecule has 0 bridgehead atoms. The highest BCUT2D eigenvalue weighted by Gasteiger charge is 2.30. The fourth-order valence-corrected chi connectivity index (χ4v) is 0.828. The Kier molecular flexibility index (Phi) is 2.26. The Hall–Kier alpha value is -1.19. The molecular formula is C8H10F2N2. The summed E-state index contributed by atoms with van der Waals surface area (Å²) in [6, 6.07) is 2.68. The SMILES string of the molecule is CCC(F)(F)c1cc(N)ccn1. The molecule has 0 amide bonds. The summed E-state index contributed by atoms with van der Waals surface area (Å²) in [6.07, 6.45) is 1.03. The average molecular weight is 172 g/mol. The largest absolute Gasteiger partial charge is 0.399 e. The van der Waals surface area contributed by atoms with Crippen molar-refractivity contribution in [1.29, 1.82) is 0 Å². The first-order chi connectivity index (χ1) is 5.56. The summed E-state index contributed by atoms with van der Waals surface area (Å²) in [5.74, 6) is -2.87. The van der Waals surface area contributed by atoms with Gasteiger partial charge in [-0.05, 0) is 12.1 Å². The molecule has 1 heterocycles. The summed E-state index contributed by atoms with van der Waals surface area (Å²) in [7, 11) is 0. The van der Waals surface area contributed by atoms with Gasteiger partial charge in [0, 0.05) is 18.3 Å². The van der Waals surface area contributed by atoms with Gasteiger partial charge in [-0.3, -0.25) is 4.98 Å². The van der Waals surface area contributed by atoms with Crippen LogP contribution in [0.15, 0.2) is 18.3 Å². The lowest BCUT2D eigenvalue weighted by Crippen LogP contribution is -2.13. The van der Waals surface area contributed by atoms with E-state index >= 15 is 0 Å². The van der Waals surface area contributed by atoms with Gasteiger partial charge in [0.15, 0.2) is 0 Å². The Morgan fingerprint density at radius 3 is 2.75 bits per heavy atom. The first kappa shape index (κ1) is 8.90. The number of alkyl halides is 2. The van der Waals surface area contributed by atoms with Gasteiger partial charge in [-0.25, -0.2) is 0 Å². The van der Waals surface area contributed by atoms with Gasteiger partial charge in [-0.1, -0.05) is 6.92 Å². The number of nitrogens with zero attached hydrogens (tertiary/aromatic N) is 1. The molecule has 0 atom stereocenters. The van der Waals surface area contributed by atoms with Crippen LogP contribution < -0.4 is 5.73 Å². The van der Waals surface area contributed by atoms with Gasteiger partial charge in [0.2, 0.25) is 0 Å². The zero-order chi connectivity index (χ0) is 9.19. The lowest BCUT2D eigenvalue weighted by Gasteiger charge is -2.12. The minimum absolute atomic E-state index is 0.259. The number of aromatic nitrogens is 1. The predicted molar refractivity (Wildman–Crippen MR) is 42.8 cm³/mol. The van der Waals surface area contributed by atoms with Crippen molar-refractivity contribution in [3.63, 3.8) is 0 Å². The Labute approximate surface area is 69.4 Å². The molecule has 1 rings (SSSR count). The van der Waals surface area contributed by atoms with Gasteiger partial charge in [0.1, 0.15) is 5.69 Å². The summed E-state index contributed by atoms with van der Waals surface area (Å²) in [4.78, 5) is 3.55. The number of nitrogens with two attached hydrogens (primary N) is 1. The Morgan fingerprint density at radius 2 is 2.25 bits per heavy atom. The second-order valence-corrected chi connectivity index (χ2v) is 2.53. The molecule has 0 aliphatic carbocycles. The van der Waals surface area contributed by atoms with Crippen LogP contribution in [0.3, 0.4) is 0 Å². The molecule has 0 radical (unpaired) electrons. The van der Waals surface area contributed by atoms with E-state index in [-0.39, 0.29) is 12.1 Å². The van der Waals surface area contributed by atoms with Crippen molar-refractivity contribution < 1.29 is 8.78 Å². The minimum Gasteiger partial charge on any atom is -0.399 e. The molecule has 0 unspecified atom stereocenters. The van der Waals surface area contributed by atoms with E-state index in [0.717, 1.165) is 0 Å². The molecule has 0 saturated carbocycles. The van der Waals surface area contributed by atoms with Gasteiger partial charge >= 0.3 is 0 Å². The van der Waals surface area contributed by atoms with Crippen LogP contribution in [0.25, 0.3) is 0 Å². The molecule has 0 aliphatic heterocycles. The van der Waals surface area contributed by atoms with Crippen LogP contribution >= 0.6 is 0 Å². The molecule has 1 aromatic rings. The first-order valence-electron chi connectivity index (χ1n) is 3.66.